The van der Waals surface area contributed by atoms with Gasteiger partial charge in [0.05, 0.1) is 0 Å². The van der Waals surface area contributed by atoms with Crippen LogP contribution in [0.5, 0.6) is 0 Å². The average molecular weight is 431 g/mol. The highest BCUT2D eigenvalue weighted by Gasteiger charge is 2.24. The first-order valence-corrected chi connectivity index (χ1v) is 13.6. The predicted molar refractivity (Wildman–Crippen MR) is 141 cm³/mol. The summed E-state index contributed by atoms with van der Waals surface area (Å²) < 4.78 is 0. The van der Waals surface area contributed by atoms with Crippen LogP contribution in [0.1, 0.15) is 74.9 Å². The van der Waals surface area contributed by atoms with Gasteiger partial charge in [-0.25, -0.2) is 0 Å². The Labute approximate surface area is 191 Å². The minimum atomic E-state index is -0.578. The van der Waals surface area contributed by atoms with Crippen molar-refractivity contribution in [2.24, 2.45) is 0 Å². The SMILES string of the molecule is CCc1ccc(P(c2ccc(CC)cc2CC)c2ccc(CC)cc2CC)c(CC)c1. The fraction of sp³-hybridized carbons (Fsp3) is 0.400. The Morgan fingerprint density at radius 2 is 0.710 bits per heavy atom. The molecule has 0 heterocycles. The molecule has 0 aliphatic carbocycles. The third-order valence-electron chi connectivity index (χ3n) is 6.52. The van der Waals surface area contributed by atoms with Crippen molar-refractivity contribution in [3.05, 3.63) is 88.0 Å². The number of hydrogen-bond donors (Lipinski definition) is 0. The minimum absolute atomic E-state index is 0.578. The molecule has 1 heteroatoms. The zero-order chi connectivity index (χ0) is 22.4. The summed E-state index contributed by atoms with van der Waals surface area (Å²) in [4.78, 5) is 0. The summed E-state index contributed by atoms with van der Waals surface area (Å²) in [5.41, 5.74) is 8.91. The molecule has 0 radical (unpaired) electrons. The van der Waals surface area contributed by atoms with Gasteiger partial charge in [0, 0.05) is 0 Å². The summed E-state index contributed by atoms with van der Waals surface area (Å²) in [6.45, 7) is 13.7. The van der Waals surface area contributed by atoms with Gasteiger partial charge in [0.1, 0.15) is 0 Å². The summed E-state index contributed by atoms with van der Waals surface area (Å²) in [6.07, 6.45) is 6.56. The third kappa shape index (κ3) is 5.12. The second-order valence-corrected chi connectivity index (χ2v) is 10.5. The molecule has 0 spiro atoms. The summed E-state index contributed by atoms with van der Waals surface area (Å²) in [7, 11) is -0.578. The van der Waals surface area contributed by atoms with Gasteiger partial charge in [-0.15, -0.1) is 0 Å². The monoisotopic (exact) mass is 430 g/mol. The molecule has 0 atom stereocenters. The summed E-state index contributed by atoms with van der Waals surface area (Å²) >= 11 is 0. The molecule has 3 aromatic carbocycles. The highest BCUT2D eigenvalue weighted by molar-refractivity contribution is 7.80. The molecule has 0 saturated carbocycles. The van der Waals surface area contributed by atoms with E-state index in [-0.39, 0.29) is 0 Å². The molecule has 0 aliphatic heterocycles. The normalized spacial score (nSPS) is 11.3. The lowest BCUT2D eigenvalue weighted by atomic mass is 10.1. The first kappa shape index (κ1) is 23.7. The fourth-order valence-electron chi connectivity index (χ4n) is 4.47. The molecule has 31 heavy (non-hydrogen) atoms. The molecular formula is C30H39P. The van der Waals surface area contributed by atoms with E-state index in [9.17, 15) is 0 Å². The van der Waals surface area contributed by atoms with Crippen molar-refractivity contribution >= 4 is 23.8 Å². The lowest BCUT2D eigenvalue weighted by Gasteiger charge is -2.27. The van der Waals surface area contributed by atoms with Crippen molar-refractivity contribution < 1.29 is 0 Å². The Hall–Kier alpha value is -1.91. The first-order chi connectivity index (χ1) is 15.1. The number of aryl methyl sites for hydroxylation is 6. The van der Waals surface area contributed by atoms with Gasteiger partial charge >= 0.3 is 0 Å². The van der Waals surface area contributed by atoms with Gasteiger partial charge in [0.2, 0.25) is 0 Å². The molecule has 0 aromatic heterocycles. The number of hydrogen-bond acceptors (Lipinski definition) is 0. The van der Waals surface area contributed by atoms with Gasteiger partial charge in [-0.05, 0) is 95.7 Å². The Morgan fingerprint density at radius 1 is 0.419 bits per heavy atom. The van der Waals surface area contributed by atoms with Crippen LogP contribution in [0.25, 0.3) is 0 Å². The van der Waals surface area contributed by atoms with E-state index in [4.69, 9.17) is 0 Å². The van der Waals surface area contributed by atoms with Crippen LogP contribution in [-0.2, 0) is 38.5 Å². The highest BCUT2D eigenvalue weighted by atomic mass is 31.1. The molecule has 0 amide bonds. The average Bonchev–Trinajstić information content (AvgIpc) is 2.84. The molecular weight excluding hydrogens is 391 g/mol. The van der Waals surface area contributed by atoms with E-state index in [0.29, 0.717) is 0 Å². The van der Waals surface area contributed by atoms with Crippen LogP contribution in [-0.4, -0.2) is 0 Å². The highest BCUT2D eigenvalue weighted by Crippen LogP contribution is 2.38. The standard InChI is InChI=1S/C30H39P/c1-7-22-13-16-28(25(10-4)19-22)31(29-17-14-23(8-2)20-26(29)11-5)30-18-15-24(9-3)21-27(30)12-6/h13-21H,7-12H2,1-6H3. The Bertz CT molecular complexity index is 883. The van der Waals surface area contributed by atoms with E-state index in [2.05, 4.69) is 96.1 Å². The summed E-state index contributed by atoms with van der Waals surface area (Å²) in [6, 6.07) is 21.8. The second kappa shape index (κ2) is 11.1. The second-order valence-electron chi connectivity index (χ2n) is 8.35. The van der Waals surface area contributed by atoms with Crippen molar-refractivity contribution in [2.75, 3.05) is 0 Å². The van der Waals surface area contributed by atoms with Gasteiger partial charge in [0.15, 0.2) is 0 Å². The molecule has 0 aliphatic rings. The van der Waals surface area contributed by atoms with Crippen LogP contribution in [0.15, 0.2) is 54.6 Å². The minimum Gasteiger partial charge on any atom is -0.0613 e. The maximum atomic E-state index is 2.46. The van der Waals surface area contributed by atoms with Crippen molar-refractivity contribution in [1.29, 1.82) is 0 Å². The van der Waals surface area contributed by atoms with Crippen molar-refractivity contribution in [3.8, 4) is 0 Å². The molecule has 0 saturated heterocycles. The largest absolute Gasteiger partial charge is 0.0613 e. The molecule has 0 fully saturated rings. The Kier molecular flexibility index (Phi) is 8.50. The summed E-state index contributed by atoms with van der Waals surface area (Å²) in [5.74, 6) is 0. The van der Waals surface area contributed by atoms with Crippen LogP contribution in [0.2, 0.25) is 0 Å². The maximum absolute atomic E-state index is 2.46. The molecule has 164 valence electrons. The predicted octanol–water partition coefficient (Wildman–Crippen LogP) is 6.82. The summed E-state index contributed by atoms with van der Waals surface area (Å²) in [5, 5.41) is 4.65. The molecule has 0 unspecified atom stereocenters. The molecule has 0 bridgehead atoms. The molecule has 3 rings (SSSR count). The van der Waals surface area contributed by atoms with E-state index in [1.165, 1.54) is 33.4 Å². The molecule has 0 nitrogen and oxygen atoms in total. The lowest BCUT2D eigenvalue weighted by molar-refractivity contribution is 1.09. The topological polar surface area (TPSA) is 0 Å². The number of benzene rings is 3. The van der Waals surface area contributed by atoms with Crippen molar-refractivity contribution in [3.63, 3.8) is 0 Å². The zero-order valence-electron chi connectivity index (χ0n) is 20.4. The van der Waals surface area contributed by atoms with Gasteiger partial charge < -0.3 is 0 Å². The quantitative estimate of drug-likeness (QED) is 0.327. The number of rotatable bonds is 9. The lowest BCUT2D eigenvalue weighted by Crippen LogP contribution is -2.28. The fourth-order valence-corrected chi connectivity index (χ4v) is 7.45. The van der Waals surface area contributed by atoms with Crippen LogP contribution in [0, 0.1) is 0 Å². The van der Waals surface area contributed by atoms with E-state index in [1.807, 2.05) is 0 Å². The zero-order valence-corrected chi connectivity index (χ0v) is 21.3. The molecule has 0 N–H and O–H groups in total. The van der Waals surface area contributed by atoms with Crippen LogP contribution in [0.4, 0.5) is 0 Å². The van der Waals surface area contributed by atoms with Crippen LogP contribution >= 0.6 is 7.92 Å². The Morgan fingerprint density at radius 3 is 0.935 bits per heavy atom. The van der Waals surface area contributed by atoms with Gasteiger partial charge in [-0.2, -0.15) is 0 Å². The maximum Gasteiger partial charge on any atom is -0.0119 e. The smallest absolute Gasteiger partial charge is 0.0119 e. The van der Waals surface area contributed by atoms with Gasteiger partial charge in [-0.3, -0.25) is 0 Å². The van der Waals surface area contributed by atoms with E-state index in [0.717, 1.165) is 38.5 Å². The molecule has 3 aromatic rings. The van der Waals surface area contributed by atoms with Crippen LogP contribution in [0.3, 0.4) is 0 Å². The van der Waals surface area contributed by atoms with E-state index < -0.39 is 7.92 Å². The Balaban J connectivity index is 2.31. The van der Waals surface area contributed by atoms with Crippen molar-refractivity contribution in [1.82, 2.24) is 0 Å². The van der Waals surface area contributed by atoms with Gasteiger partial charge in [0.25, 0.3) is 0 Å². The van der Waals surface area contributed by atoms with Crippen molar-refractivity contribution in [2.45, 2.75) is 80.1 Å². The van der Waals surface area contributed by atoms with E-state index >= 15 is 0 Å². The van der Waals surface area contributed by atoms with E-state index in [1.54, 1.807) is 15.9 Å². The van der Waals surface area contributed by atoms with Crippen LogP contribution < -0.4 is 15.9 Å². The van der Waals surface area contributed by atoms with Gasteiger partial charge in [-0.1, -0.05) is 96.1 Å². The first-order valence-electron chi connectivity index (χ1n) is 12.2. The third-order valence-corrected chi connectivity index (χ3v) is 9.28.